The number of carbonyl (C=O) groups excluding carboxylic acids is 1. The van der Waals surface area contributed by atoms with Crippen LogP contribution in [0.1, 0.15) is 16.7 Å². The standard InChI is InChI=1S/C18H21FN2O3S/c1-12-8-13(2)18(14(3)9-12)21(25(4,23)24)11-17(22)20-16-7-5-6-15(19)10-16/h5-10H,11H2,1-4H3,(H,20,22). The summed E-state index contributed by atoms with van der Waals surface area (Å²) in [5.74, 6) is -1.03. The molecule has 2 aromatic carbocycles. The first kappa shape index (κ1) is 18.9. The number of nitrogens with zero attached hydrogens (tertiary/aromatic N) is 1. The third-order valence-electron chi connectivity index (χ3n) is 3.68. The molecule has 5 nitrogen and oxygen atoms in total. The summed E-state index contributed by atoms with van der Waals surface area (Å²) in [6.07, 6.45) is 1.06. The van der Waals surface area contributed by atoms with Crippen molar-refractivity contribution in [3.8, 4) is 0 Å². The fourth-order valence-corrected chi connectivity index (χ4v) is 3.80. The maximum atomic E-state index is 13.2. The first-order chi connectivity index (χ1) is 11.6. The van der Waals surface area contributed by atoms with E-state index in [1.54, 1.807) is 13.8 Å². The number of sulfonamides is 1. The Labute approximate surface area is 147 Å². The number of anilines is 2. The molecule has 0 spiro atoms. The van der Waals surface area contributed by atoms with Crippen molar-refractivity contribution in [2.45, 2.75) is 20.8 Å². The predicted octanol–water partition coefficient (Wildman–Crippen LogP) is 3.16. The van der Waals surface area contributed by atoms with Crippen LogP contribution in [0.3, 0.4) is 0 Å². The van der Waals surface area contributed by atoms with Crippen LogP contribution in [-0.4, -0.2) is 27.1 Å². The van der Waals surface area contributed by atoms with Gasteiger partial charge >= 0.3 is 0 Å². The van der Waals surface area contributed by atoms with Crippen LogP contribution in [-0.2, 0) is 14.8 Å². The van der Waals surface area contributed by atoms with Crippen LogP contribution in [0.2, 0.25) is 0 Å². The first-order valence-electron chi connectivity index (χ1n) is 7.69. The minimum absolute atomic E-state index is 0.274. The van der Waals surface area contributed by atoms with Crippen molar-refractivity contribution < 1.29 is 17.6 Å². The molecule has 0 aliphatic carbocycles. The monoisotopic (exact) mass is 364 g/mol. The molecule has 25 heavy (non-hydrogen) atoms. The normalized spacial score (nSPS) is 11.2. The summed E-state index contributed by atoms with van der Waals surface area (Å²) in [7, 11) is -3.67. The van der Waals surface area contributed by atoms with E-state index in [0.29, 0.717) is 5.69 Å². The van der Waals surface area contributed by atoms with Crippen molar-refractivity contribution in [2.75, 3.05) is 22.4 Å². The Morgan fingerprint density at radius 1 is 1.12 bits per heavy atom. The number of rotatable bonds is 5. The summed E-state index contributed by atoms with van der Waals surface area (Å²) in [6.45, 7) is 5.14. The number of halogens is 1. The van der Waals surface area contributed by atoms with E-state index in [9.17, 15) is 17.6 Å². The number of amides is 1. The molecule has 7 heteroatoms. The lowest BCUT2D eigenvalue weighted by molar-refractivity contribution is -0.114. The molecular formula is C18H21FN2O3S. The molecule has 0 saturated carbocycles. The third-order valence-corrected chi connectivity index (χ3v) is 4.79. The number of hydrogen-bond acceptors (Lipinski definition) is 3. The van der Waals surface area contributed by atoms with Gasteiger partial charge in [-0.05, 0) is 50.1 Å². The van der Waals surface area contributed by atoms with Crippen molar-refractivity contribution in [2.24, 2.45) is 0 Å². The molecule has 0 fully saturated rings. The highest BCUT2D eigenvalue weighted by Gasteiger charge is 2.24. The maximum Gasteiger partial charge on any atom is 0.245 e. The summed E-state index contributed by atoms with van der Waals surface area (Å²) < 4.78 is 38.8. The van der Waals surface area contributed by atoms with Gasteiger partial charge in [-0.2, -0.15) is 0 Å². The molecule has 0 aromatic heterocycles. The fraction of sp³-hybridized carbons (Fsp3) is 0.278. The highest BCUT2D eigenvalue weighted by atomic mass is 32.2. The summed E-state index contributed by atoms with van der Waals surface area (Å²) in [5.41, 5.74) is 3.30. The van der Waals surface area contributed by atoms with E-state index in [0.717, 1.165) is 27.3 Å². The second-order valence-electron chi connectivity index (χ2n) is 6.08. The Hall–Kier alpha value is -2.41. The molecule has 2 rings (SSSR count). The van der Waals surface area contributed by atoms with Crippen molar-refractivity contribution in [1.29, 1.82) is 0 Å². The molecule has 1 N–H and O–H groups in total. The lowest BCUT2D eigenvalue weighted by atomic mass is 10.1. The molecule has 1 amide bonds. The van der Waals surface area contributed by atoms with Gasteiger partial charge in [-0.1, -0.05) is 23.8 Å². The summed E-state index contributed by atoms with van der Waals surface area (Å²) in [5, 5.41) is 2.52. The van der Waals surface area contributed by atoms with Gasteiger partial charge in [-0.15, -0.1) is 0 Å². The van der Waals surface area contributed by atoms with Gasteiger partial charge in [0.15, 0.2) is 0 Å². The second-order valence-corrected chi connectivity index (χ2v) is 7.98. The van der Waals surface area contributed by atoms with Gasteiger partial charge in [-0.25, -0.2) is 12.8 Å². The highest BCUT2D eigenvalue weighted by molar-refractivity contribution is 7.92. The Morgan fingerprint density at radius 2 is 1.72 bits per heavy atom. The highest BCUT2D eigenvalue weighted by Crippen LogP contribution is 2.28. The average Bonchev–Trinajstić information content (AvgIpc) is 2.44. The topological polar surface area (TPSA) is 66.5 Å². The van der Waals surface area contributed by atoms with Gasteiger partial charge in [0, 0.05) is 5.69 Å². The number of hydrogen-bond donors (Lipinski definition) is 1. The van der Waals surface area contributed by atoms with E-state index in [1.807, 2.05) is 19.1 Å². The first-order valence-corrected chi connectivity index (χ1v) is 9.54. The Bertz CT molecular complexity index is 887. The zero-order chi connectivity index (χ0) is 18.8. The molecule has 2 aromatic rings. The van der Waals surface area contributed by atoms with E-state index in [-0.39, 0.29) is 12.2 Å². The smallest absolute Gasteiger partial charge is 0.245 e. The van der Waals surface area contributed by atoms with Gasteiger partial charge in [0.25, 0.3) is 0 Å². The number of benzene rings is 2. The van der Waals surface area contributed by atoms with Gasteiger partial charge < -0.3 is 5.32 Å². The van der Waals surface area contributed by atoms with Gasteiger partial charge in [0.1, 0.15) is 12.4 Å². The van der Waals surface area contributed by atoms with Crippen LogP contribution in [0.15, 0.2) is 36.4 Å². The molecular weight excluding hydrogens is 343 g/mol. The predicted molar refractivity (Wildman–Crippen MR) is 97.9 cm³/mol. The quantitative estimate of drug-likeness (QED) is 0.886. The van der Waals surface area contributed by atoms with Gasteiger partial charge in [0.05, 0.1) is 11.9 Å². The molecule has 0 aliphatic rings. The molecule has 0 bridgehead atoms. The summed E-state index contributed by atoms with van der Waals surface area (Å²) in [6, 6.07) is 9.17. The Morgan fingerprint density at radius 3 is 2.24 bits per heavy atom. The van der Waals surface area contributed by atoms with Crippen molar-refractivity contribution in [3.63, 3.8) is 0 Å². The number of aryl methyl sites for hydroxylation is 3. The van der Waals surface area contributed by atoms with Gasteiger partial charge in [0.2, 0.25) is 15.9 Å². The largest absolute Gasteiger partial charge is 0.324 e. The Balaban J connectivity index is 2.33. The van der Waals surface area contributed by atoms with Crippen LogP contribution in [0.25, 0.3) is 0 Å². The zero-order valence-electron chi connectivity index (χ0n) is 14.6. The number of nitrogens with one attached hydrogen (secondary N) is 1. The molecule has 0 atom stereocenters. The lowest BCUT2D eigenvalue weighted by Crippen LogP contribution is -2.38. The van der Waals surface area contributed by atoms with E-state index in [2.05, 4.69) is 5.32 Å². The molecule has 0 heterocycles. The van der Waals surface area contributed by atoms with E-state index in [1.165, 1.54) is 24.3 Å². The lowest BCUT2D eigenvalue weighted by Gasteiger charge is -2.26. The van der Waals surface area contributed by atoms with Crippen molar-refractivity contribution in [1.82, 2.24) is 0 Å². The summed E-state index contributed by atoms with van der Waals surface area (Å²) in [4.78, 5) is 12.3. The van der Waals surface area contributed by atoms with E-state index in [4.69, 9.17) is 0 Å². The average molecular weight is 364 g/mol. The van der Waals surface area contributed by atoms with Crippen molar-refractivity contribution in [3.05, 3.63) is 58.9 Å². The summed E-state index contributed by atoms with van der Waals surface area (Å²) >= 11 is 0. The van der Waals surface area contributed by atoms with Crippen LogP contribution in [0.4, 0.5) is 15.8 Å². The minimum Gasteiger partial charge on any atom is -0.324 e. The SMILES string of the molecule is Cc1cc(C)c(N(CC(=O)Nc2cccc(F)c2)S(C)(=O)=O)c(C)c1. The molecule has 0 aliphatic heterocycles. The van der Waals surface area contributed by atoms with Crippen LogP contribution >= 0.6 is 0 Å². The van der Waals surface area contributed by atoms with Crippen LogP contribution < -0.4 is 9.62 Å². The number of carbonyl (C=O) groups is 1. The molecule has 134 valence electrons. The van der Waals surface area contributed by atoms with E-state index >= 15 is 0 Å². The fourth-order valence-electron chi connectivity index (χ4n) is 2.83. The Kier molecular flexibility index (Phi) is 5.47. The van der Waals surface area contributed by atoms with Crippen LogP contribution in [0.5, 0.6) is 0 Å². The van der Waals surface area contributed by atoms with Crippen molar-refractivity contribution >= 4 is 27.3 Å². The molecule has 0 unspecified atom stereocenters. The zero-order valence-corrected chi connectivity index (χ0v) is 15.4. The maximum absolute atomic E-state index is 13.2. The third kappa shape index (κ3) is 4.79. The van der Waals surface area contributed by atoms with Crippen LogP contribution in [0, 0.1) is 26.6 Å². The second kappa shape index (κ2) is 7.23. The van der Waals surface area contributed by atoms with Gasteiger partial charge in [-0.3, -0.25) is 9.10 Å². The molecule has 0 saturated heterocycles. The van der Waals surface area contributed by atoms with E-state index < -0.39 is 21.7 Å². The minimum atomic E-state index is -3.67. The molecule has 0 radical (unpaired) electrons.